The van der Waals surface area contributed by atoms with Crippen LogP contribution in [0.25, 0.3) is 0 Å². The Hall–Kier alpha value is -2.30. The van der Waals surface area contributed by atoms with E-state index in [-0.39, 0.29) is 5.91 Å². The fourth-order valence-electron chi connectivity index (χ4n) is 3.99. The number of rotatable bonds is 5. The minimum Gasteiger partial charge on any atom is -0.496 e. The topological polar surface area (TPSA) is 47.4 Å². The van der Waals surface area contributed by atoms with Crippen molar-refractivity contribution in [1.82, 2.24) is 14.7 Å². The van der Waals surface area contributed by atoms with Crippen LogP contribution < -0.4 is 4.74 Å². The lowest BCUT2D eigenvalue weighted by atomic mass is 10.0. The van der Waals surface area contributed by atoms with Crippen LogP contribution in [-0.4, -0.2) is 40.8 Å². The summed E-state index contributed by atoms with van der Waals surface area (Å²) in [6, 6.07) is 8.30. The van der Waals surface area contributed by atoms with Gasteiger partial charge in [0, 0.05) is 29.9 Å². The number of aromatic nitrogens is 2. The summed E-state index contributed by atoms with van der Waals surface area (Å²) in [5.74, 6) is 1.73. The van der Waals surface area contributed by atoms with E-state index in [9.17, 15) is 4.79 Å². The molecule has 0 saturated carbocycles. The quantitative estimate of drug-likeness (QED) is 0.736. The highest BCUT2D eigenvalue weighted by Gasteiger charge is 2.28. The second-order valence-corrected chi connectivity index (χ2v) is 8.40. The molecule has 5 heteroatoms. The predicted molar refractivity (Wildman–Crippen MR) is 112 cm³/mol. The maximum Gasteiger partial charge on any atom is 0.254 e. The zero-order valence-corrected chi connectivity index (χ0v) is 18.0. The molecule has 2 aromatic rings. The molecular weight excluding hydrogens is 350 g/mol. The number of benzene rings is 1. The first-order chi connectivity index (χ1) is 13.3. The number of amides is 1. The van der Waals surface area contributed by atoms with Crippen LogP contribution in [0.2, 0.25) is 0 Å². The van der Waals surface area contributed by atoms with E-state index in [1.54, 1.807) is 7.11 Å². The van der Waals surface area contributed by atoms with E-state index in [0.29, 0.717) is 17.9 Å². The lowest BCUT2D eigenvalue weighted by Gasteiger charge is -2.33. The average molecular weight is 384 g/mol. The van der Waals surface area contributed by atoms with Gasteiger partial charge in [0.1, 0.15) is 5.75 Å². The van der Waals surface area contributed by atoms with Gasteiger partial charge in [0.2, 0.25) is 0 Å². The summed E-state index contributed by atoms with van der Waals surface area (Å²) in [7, 11) is 1.64. The van der Waals surface area contributed by atoms with Crippen molar-refractivity contribution in [2.75, 3.05) is 20.2 Å². The number of hydrogen-bond acceptors (Lipinski definition) is 3. The largest absolute Gasteiger partial charge is 0.496 e. The van der Waals surface area contributed by atoms with Crippen molar-refractivity contribution in [2.45, 2.75) is 65.3 Å². The summed E-state index contributed by atoms with van der Waals surface area (Å²) in [4.78, 5) is 15.0. The summed E-state index contributed by atoms with van der Waals surface area (Å²) in [6.45, 7) is 12.3. The van der Waals surface area contributed by atoms with Gasteiger partial charge in [-0.1, -0.05) is 33.8 Å². The summed E-state index contributed by atoms with van der Waals surface area (Å²) >= 11 is 0. The predicted octanol–water partition coefficient (Wildman–Crippen LogP) is 4.92. The smallest absolute Gasteiger partial charge is 0.254 e. The Labute approximate surface area is 168 Å². The lowest BCUT2D eigenvalue weighted by Crippen LogP contribution is -2.39. The van der Waals surface area contributed by atoms with Crippen molar-refractivity contribution in [1.29, 1.82) is 0 Å². The normalized spacial score (nSPS) is 15.5. The molecule has 1 aliphatic rings. The Balaban J connectivity index is 1.74. The van der Waals surface area contributed by atoms with Crippen molar-refractivity contribution in [3.05, 3.63) is 46.8 Å². The van der Waals surface area contributed by atoms with Crippen LogP contribution in [0.1, 0.15) is 85.7 Å². The number of piperidine rings is 1. The molecule has 2 heterocycles. The van der Waals surface area contributed by atoms with E-state index in [1.807, 2.05) is 30.0 Å². The van der Waals surface area contributed by atoms with Gasteiger partial charge in [0.25, 0.3) is 5.91 Å². The van der Waals surface area contributed by atoms with Crippen LogP contribution in [0, 0.1) is 6.92 Å². The highest BCUT2D eigenvalue weighted by atomic mass is 16.5. The molecule has 1 saturated heterocycles. The van der Waals surface area contributed by atoms with Crippen LogP contribution in [0.4, 0.5) is 0 Å². The molecule has 152 valence electrons. The van der Waals surface area contributed by atoms with E-state index in [2.05, 4.69) is 38.4 Å². The fourth-order valence-corrected chi connectivity index (χ4v) is 3.99. The molecule has 0 spiro atoms. The number of ether oxygens (including phenoxy) is 1. The first kappa shape index (κ1) is 20.4. The van der Waals surface area contributed by atoms with Crippen LogP contribution in [0.3, 0.4) is 0 Å². The number of likely N-dealkylation sites (tertiary alicyclic amines) is 1. The fraction of sp³-hybridized carbons (Fsp3) is 0.565. The summed E-state index contributed by atoms with van der Waals surface area (Å²) < 4.78 is 7.61. The first-order valence-electron chi connectivity index (χ1n) is 10.4. The van der Waals surface area contributed by atoms with Crippen molar-refractivity contribution >= 4 is 5.91 Å². The van der Waals surface area contributed by atoms with E-state index in [0.717, 1.165) is 48.5 Å². The maximum atomic E-state index is 13.0. The average Bonchev–Trinajstić information content (AvgIpc) is 3.14. The number of nitrogens with zero attached hydrogens (tertiary/aromatic N) is 3. The minimum atomic E-state index is 0.0993. The van der Waals surface area contributed by atoms with Gasteiger partial charge < -0.3 is 9.64 Å². The maximum absolute atomic E-state index is 13.0. The molecule has 0 atom stereocenters. The van der Waals surface area contributed by atoms with Crippen LogP contribution in [-0.2, 0) is 0 Å². The van der Waals surface area contributed by atoms with Crippen LogP contribution in [0.5, 0.6) is 5.75 Å². The Morgan fingerprint density at radius 3 is 2.39 bits per heavy atom. The van der Waals surface area contributed by atoms with Crippen molar-refractivity contribution in [3.8, 4) is 5.75 Å². The molecule has 1 aromatic carbocycles. The highest BCUT2D eigenvalue weighted by molar-refractivity contribution is 5.96. The van der Waals surface area contributed by atoms with E-state index < -0.39 is 0 Å². The highest BCUT2D eigenvalue weighted by Crippen LogP contribution is 2.30. The standard InChI is InChI=1S/C23H33N3O2/c1-15(2)20-14-21(16(3)4)26(24-20)18-10-12-25(13-11-18)23(27)19-8-7-9-22(28-6)17(19)5/h7-9,14-16,18H,10-13H2,1-6H3. The lowest BCUT2D eigenvalue weighted by molar-refractivity contribution is 0.0687. The van der Waals surface area contributed by atoms with Gasteiger partial charge in [-0.3, -0.25) is 9.48 Å². The molecule has 0 N–H and O–H groups in total. The third kappa shape index (κ3) is 3.94. The molecule has 0 unspecified atom stereocenters. The second kappa shape index (κ2) is 8.38. The molecule has 28 heavy (non-hydrogen) atoms. The zero-order chi connectivity index (χ0) is 20.4. The Bertz CT molecular complexity index is 830. The van der Waals surface area contributed by atoms with E-state index in [4.69, 9.17) is 9.84 Å². The SMILES string of the molecule is COc1cccc(C(=O)N2CCC(n3nc(C(C)C)cc3C(C)C)CC2)c1C. The third-order valence-corrected chi connectivity index (χ3v) is 5.80. The van der Waals surface area contributed by atoms with Crippen molar-refractivity contribution in [2.24, 2.45) is 0 Å². The van der Waals surface area contributed by atoms with Crippen LogP contribution >= 0.6 is 0 Å². The molecule has 1 fully saturated rings. The van der Waals surface area contributed by atoms with E-state index in [1.165, 1.54) is 5.69 Å². The Kier molecular flexibility index (Phi) is 6.11. The molecule has 0 bridgehead atoms. The van der Waals surface area contributed by atoms with Gasteiger partial charge in [-0.2, -0.15) is 5.10 Å². The first-order valence-corrected chi connectivity index (χ1v) is 10.4. The summed E-state index contributed by atoms with van der Waals surface area (Å²) in [5.41, 5.74) is 4.11. The number of hydrogen-bond donors (Lipinski definition) is 0. The van der Waals surface area contributed by atoms with Gasteiger partial charge in [-0.05, 0) is 49.8 Å². The Morgan fingerprint density at radius 1 is 1.14 bits per heavy atom. The monoisotopic (exact) mass is 383 g/mol. The molecule has 1 aliphatic heterocycles. The van der Waals surface area contributed by atoms with Crippen LogP contribution in [0.15, 0.2) is 24.3 Å². The van der Waals surface area contributed by atoms with Gasteiger partial charge in [-0.15, -0.1) is 0 Å². The molecule has 0 radical (unpaired) electrons. The number of carbonyl (C=O) groups excluding carboxylic acids is 1. The van der Waals surface area contributed by atoms with Gasteiger partial charge in [0.15, 0.2) is 0 Å². The molecule has 1 aromatic heterocycles. The second-order valence-electron chi connectivity index (χ2n) is 8.40. The molecule has 3 rings (SSSR count). The van der Waals surface area contributed by atoms with Crippen molar-refractivity contribution in [3.63, 3.8) is 0 Å². The minimum absolute atomic E-state index is 0.0993. The van der Waals surface area contributed by atoms with Crippen molar-refractivity contribution < 1.29 is 9.53 Å². The summed E-state index contributed by atoms with van der Waals surface area (Å²) in [5, 5.41) is 4.92. The molecule has 1 amide bonds. The Morgan fingerprint density at radius 2 is 1.82 bits per heavy atom. The molecular formula is C23H33N3O2. The molecule has 5 nitrogen and oxygen atoms in total. The van der Waals surface area contributed by atoms with Gasteiger partial charge in [-0.25, -0.2) is 0 Å². The third-order valence-electron chi connectivity index (χ3n) is 5.80. The van der Waals surface area contributed by atoms with Gasteiger partial charge >= 0.3 is 0 Å². The van der Waals surface area contributed by atoms with Gasteiger partial charge in [0.05, 0.1) is 18.8 Å². The zero-order valence-electron chi connectivity index (χ0n) is 18.0. The number of carbonyl (C=O) groups is 1. The molecule has 0 aliphatic carbocycles. The number of methoxy groups -OCH3 is 1. The summed E-state index contributed by atoms with van der Waals surface area (Å²) in [6.07, 6.45) is 1.88. The van der Waals surface area contributed by atoms with E-state index >= 15 is 0 Å².